The van der Waals surface area contributed by atoms with E-state index in [9.17, 15) is 24.5 Å². The van der Waals surface area contributed by atoms with E-state index in [1.54, 1.807) is 6.07 Å². The number of morpholine rings is 2. The van der Waals surface area contributed by atoms with Gasteiger partial charge in [0.1, 0.15) is 5.69 Å². The normalized spacial score (nSPS) is 27.8. The Hall–Kier alpha value is -3.25. The fraction of sp³-hybridized carbons (Fsp3) is 0.550. The summed E-state index contributed by atoms with van der Waals surface area (Å²) in [5, 5.41) is 14.2. The van der Waals surface area contributed by atoms with Crippen LogP contribution in [0.3, 0.4) is 0 Å². The molecule has 1 spiro atoms. The minimum atomic E-state index is -1.61. The fourth-order valence-corrected chi connectivity index (χ4v) is 5.17. The van der Waals surface area contributed by atoms with Crippen molar-refractivity contribution in [2.75, 3.05) is 62.9 Å². The number of carbonyl (C=O) groups is 3. The van der Waals surface area contributed by atoms with E-state index in [1.807, 2.05) is 9.80 Å². The largest absolute Gasteiger partial charge is 0.378 e. The summed E-state index contributed by atoms with van der Waals surface area (Å²) < 4.78 is 11.0. The van der Waals surface area contributed by atoms with Gasteiger partial charge in [0.15, 0.2) is 5.41 Å². The van der Waals surface area contributed by atoms with Crippen LogP contribution in [-0.4, -0.2) is 86.8 Å². The lowest BCUT2D eigenvalue weighted by Crippen LogP contribution is -2.73. The molecule has 0 bridgehead atoms. The molecule has 170 valence electrons. The predicted octanol–water partition coefficient (Wildman–Crippen LogP) is -0.113. The van der Waals surface area contributed by atoms with Crippen molar-refractivity contribution in [1.82, 2.24) is 10.2 Å². The molecule has 3 fully saturated rings. The number of nitro groups is 1. The Bertz CT molecular complexity index is 1020. The molecule has 0 aliphatic carbocycles. The van der Waals surface area contributed by atoms with Crippen LogP contribution in [0.25, 0.3) is 0 Å². The van der Waals surface area contributed by atoms with E-state index in [-0.39, 0.29) is 18.7 Å². The number of anilines is 2. The van der Waals surface area contributed by atoms with E-state index < -0.39 is 34.2 Å². The zero-order valence-electron chi connectivity index (χ0n) is 17.5. The maximum Gasteiger partial charge on any atom is 0.330 e. The highest BCUT2D eigenvalue weighted by atomic mass is 16.6. The topological polar surface area (TPSA) is 135 Å². The molecule has 1 N–H and O–H groups in total. The van der Waals surface area contributed by atoms with Crippen LogP contribution in [0.1, 0.15) is 5.56 Å². The molecule has 4 aliphatic rings. The van der Waals surface area contributed by atoms with Crippen molar-refractivity contribution in [3.63, 3.8) is 0 Å². The van der Waals surface area contributed by atoms with Crippen LogP contribution in [-0.2, 0) is 25.5 Å². The SMILES string of the molecule is CN1C(=O)NC(=O)[C@@]2(Cc3cc([N+](=O)[O-])c(N4CCOCC4)cc3N3CCOC[C@H]32)C1=O. The van der Waals surface area contributed by atoms with Crippen LogP contribution in [0.5, 0.6) is 0 Å². The monoisotopic (exact) mass is 445 g/mol. The van der Waals surface area contributed by atoms with E-state index >= 15 is 0 Å². The van der Waals surface area contributed by atoms with Gasteiger partial charge in [-0.25, -0.2) is 4.79 Å². The van der Waals surface area contributed by atoms with Gasteiger partial charge in [-0.2, -0.15) is 0 Å². The smallest absolute Gasteiger partial charge is 0.330 e. The Kier molecular flexibility index (Phi) is 4.78. The summed E-state index contributed by atoms with van der Waals surface area (Å²) in [5.41, 5.74) is 0.0737. The van der Waals surface area contributed by atoms with E-state index in [1.165, 1.54) is 13.1 Å². The van der Waals surface area contributed by atoms with Crippen molar-refractivity contribution in [3.8, 4) is 0 Å². The van der Waals surface area contributed by atoms with Gasteiger partial charge in [0, 0.05) is 44.9 Å². The van der Waals surface area contributed by atoms with Gasteiger partial charge < -0.3 is 19.3 Å². The first kappa shape index (κ1) is 20.6. The summed E-state index contributed by atoms with van der Waals surface area (Å²) in [6.45, 7) is 2.95. The van der Waals surface area contributed by atoms with Gasteiger partial charge in [0.2, 0.25) is 11.8 Å². The summed E-state index contributed by atoms with van der Waals surface area (Å²) in [4.78, 5) is 54.7. The van der Waals surface area contributed by atoms with Crippen molar-refractivity contribution >= 4 is 34.9 Å². The molecule has 3 saturated heterocycles. The van der Waals surface area contributed by atoms with Crippen molar-refractivity contribution in [2.45, 2.75) is 12.5 Å². The van der Waals surface area contributed by atoms with E-state index in [2.05, 4.69) is 5.32 Å². The maximum atomic E-state index is 13.3. The number of hydrogen-bond donors (Lipinski definition) is 1. The Balaban J connectivity index is 1.67. The van der Waals surface area contributed by atoms with Gasteiger partial charge in [-0.3, -0.25) is 29.9 Å². The van der Waals surface area contributed by atoms with Crippen LogP contribution in [0.2, 0.25) is 0 Å². The lowest BCUT2D eigenvalue weighted by molar-refractivity contribution is -0.384. The second-order valence-corrected chi connectivity index (χ2v) is 8.38. The average Bonchev–Trinajstić information content (AvgIpc) is 2.81. The zero-order chi connectivity index (χ0) is 22.6. The molecule has 12 nitrogen and oxygen atoms in total. The van der Waals surface area contributed by atoms with Gasteiger partial charge in [-0.15, -0.1) is 0 Å². The molecule has 4 amide bonds. The Labute approximate surface area is 183 Å². The van der Waals surface area contributed by atoms with Crippen molar-refractivity contribution in [3.05, 3.63) is 27.8 Å². The molecule has 32 heavy (non-hydrogen) atoms. The first-order valence-electron chi connectivity index (χ1n) is 10.5. The van der Waals surface area contributed by atoms with Crippen LogP contribution in [0.15, 0.2) is 12.1 Å². The molecule has 4 heterocycles. The number of barbiturate groups is 1. The molecular weight excluding hydrogens is 422 g/mol. The number of nitrogens with zero attached hydrogens (tertiary/aromatic N) is 4. The van der Waals surface area contributed by atoms with Crippen LogP contribution in [0, 0.1) is 15.5 Å². The van der Waals surface area contributed by atoms with Crippen LogP contribution >= 0.6 is 0 Å². The number of rotatable bonds is 2. The van der Waals surface area contributed by atoms with Crippen molar-refractivity contribution < 1.29 is 28.8 Å². The van der Waals surface area contributed by atoms with E-state index in [0.29, 0.717) is 50.7 Å². The third-order valence-corrected chi connectivity index (χ3v) is 6.82. The highest BCUT2D eigenvalue weighted by molar-refractivity contribution is 6.20. The molecule has 5 rings (SSSR count). The van der Waals surface area contributed by atoms with Gasteiger partial charge in [-0.05, 0) is 11.6 Å². The number of nitrogens with one attached hydrogen (secondary N) is 1. The standard InChI is InChI=1S/C20H23N5O7/c1-22-18(27)20(17(26)21-19(22)28)10-12-8-15(25(29)30)14(23-2-5-31-6-3-23)9-13(12)24-4-7-32-11-16(20)24/h8-9,16H,2-7,10-11H2,1H3,(H,21,26,28)/t16-,20-/m0/s1. The Morgan fingerprint density at radius 3 is 2.53 bits per heavy atom. The highest BCUT2D eigenvalue weighted by Crippen LogP contribution is 2.48. The maximum absolute atomic E-state index is 13.3. The van der Waals surface area contributed by atoms with Crippen molar-refractivity contribution in [2.24, 2.45) is 5.41 Å². The van der Waals surface area contributed by atoms with Gasteiger partial charge in [0.05, 0.1) is 37.4 Å². The van der Waals surface area contributed by atoms with Gasteiger partial charge in [-0.1, -0.05) is 0 Å². The predicted molar refractivity (Wildman–Crippen MR) is 111 cm³/mol. The molecular formula is C20H23N5O7. The second-order valence-electron chi connectivity index (χ2n) is 8.38. The molecule has 1 aromatic carbocycles. The number of carbonyl (C=O) groups excluding carboxylic acids is 3. The Morgan fingerprint density at radius 1 is 1.09 bits per heavy atom. The first-order chi connectivity index (χ1) is 15.3. The molecule has 0 radical (unpaired) electrons. The van der Waals surface area contributed by atoms with Gasteiger partial charge >= 0.3 is 6.03 Å². The number of urea groups is 1. The second kappa shape index (κ2) is 7.41. The average molecular weight is 445 g/mol. The number of amides is 4. The highest BCUT2D eigenvalue weighted by Gasteiger charge is 2.62. The zero-order valence-corrected chi connectivity index (χ0v) is 17.5. The lowest BCUT2D eigenvalue weighted by Gasteiger charge is -2.53. The molecule has 4 aliphatic heterocycles. The molecule has 0 aromatic heterocycles. The molecule has 0 saturated carbocycles. The van der Waals surface area contributed by atoms with Crippen LogP contribution in [0.4, 0.5) is 21.9 Å². The fourth-order valence-electron chi connectivity index (χ4n) is 5.17. The number of hydrogen-bond acceptors (Lipinski definition) is 9. The minimum Gasteiger partial charge on any atom is -0.378 e. The first-order valence-corrected chi connectivity index (χ1v) is 10.5. The van der Waals surface area contributed by atoms with E-state index in [4.69, 9.17) is 9.47 Å². The number of benzene rings is 1. The molecule has 0 unspecified atom stereocenters. The lowest BCUT2D eigenvalue weighted by atomic mass is 9.68. The summed E-state index contributed by atoms with van der Waals surface area (Å²) in [7, 11) is 1.32. The summed E-state index contributed by atoms with van der Waals surface area (Å²) in [6.07, 6.45) is -0.0562. The number of nitro benzene ring substituents is 1. The summed E-state index contributed by atoms with van der Waals surface area (Å²) in [6, 6.07) is 1.83. The summed E-state index contributed by atoms with van der Waals surface area (Å²) in [5.74, 6) is -1.33. The number of fused-ring (bicyclic) bond motifs is 4. The molecule has 1 aromatic rings. The quantitative estimate of drug-likeness (QED) is 0.376. The van der Waals surface area contributed by atoms with Gasteiger partial charge in [0.25, 0.3) is 5.69 Å². The minimum absolute atomic E-state index is 0.0562. The molecule has 2 atom stereocenters. The number of imide groups is 2. The van der Waals surface area contributed by atoms with Crippen molar-refractivity contribution in [1.29, 1.82) is 0 Å². The van der Waals surface area contributed by atoms with E-state index in [0.717, 1.165) is 10.6 Å². The van der Waals surface area contributed by atoms with Crippen LogP contribution < -0.4 is 15.1 Å². The molecule has 12 heteroatoms. The third-order valence-electron chi connectivity index (χ3n) is 6.82. The Morgan fingerprint density at radius 2 is 1.81 bits per heavy atom. The number of ether oxygens (including phenoxy) is 2. The third kappa shape index (κ3) is 2.86. The summed E-state index contributed by atoms with van der Waals surface area (Å²) >= 11 is 0.